The van der Waals surface area contributed by atoms with E-state index in [1.807, 2.05) is 6.92 Å². The van der Waals surface area contributed by atoms with Gasteiger partial charge in [-0.2, -0.15) is 0 Å². The molecular formula is C14H23NO2. The highest BCUT2D eigenvalue weighted by Gasteiger charge is 2.10. The Hall–Kier alpha value is -1.06. The van der Waals surface area contributed by atoms with Gasteiger partial charge in [0.15, 0.2) is 0 Å². The monoisotopic (exact) mass is 237 g/mol. The zero-order chi connectivity index (χ0) is 12.7. The predicted octanol–water partition coefficient (Wildman–Crippen LogP) is 2.69. The molecule has 1 N–H and O–H groups in total. The lowest BCUT2D eigenvalue weighted by Gasteiger charge is -2.17. The molecular weight excluding hydrogens is 214 g/mol. The number of hydrogen-bond donors (Lipinski definition) is 1. The predicted molar refractivity (Wildman–Crippen MR) is 70.6 cm³/mol. The number of hydrogen-bond acceptors (Lipinski definition) is 3. The average molecular weight is 237 g/mol. The van der Waals surface area contributed by atoms with Crippen LogP contribution in [-0.4, -0.2) is 26.9 Å². The molecule has 0 bridgehead atoms. The Morgan fingerprint density at radius 2 is 2.12 bits per heavy atom. The molecule has 0 fully saturated rings. The van der Waals surface area contributed by atoms with Crippen molar-refractivity contribution in [1.82, 2.24) is 5.32 Å². The van der Waals surface area contributed by atoms with E-state index in [2.05, 4.69) is 37.4 Å². The first-order chi connectivity index (χ1) is 8.19. The summed E-state index contributed by atoms with van der Waals surface area (Å²) in [5, 5.41) is 3.42. The number of rotatable bonds is 7. The molecule has 0 saturated heterocycles. The molecule has 0 aliphatic carbocycles. The number of ether oxygens (including phenoxy) is 2. The SMILES string of the molecule is CCOCCNC(C)c1ccc(C)cc1OC. The molecule has 0 heterocycles. The molecule has 0 spiro atoms. The Bertz CT molecular complexity index is 339. The second-order valence-corrected chi connectivity index (χ2v) is 4.12. The van der Waals surface area contributed by atoms with E-state index in [0.29, 0.717) is 0 Å². The third-order valence-corrected chi connectivity index (χ3v) is 2.76. The molecule has 1 aromatic carbocycles. The normalized spacial score (nSPS) is 12.5. The van der Waals surface area contributed by atoms with Crippen LogP contribution in [0.25, 0.3) is 0 Å². The van der Waals surface area contributed by atoms with E-state index in [4.69, 9.17) is 9.47 Å². The topological polar surface area (TPSA) is 30.5 Å². The van der Waals surface area contributed by atoms with Crippen molar-refractivity contribution >= 4 is 0 Å². The van der Waals surface area contributed by atoms with Gasteiger partial charge in [0.25, 0.3) is 0 Å². The van der Waals surface area contributed by atoms with Crippen LogP contribution in [0.3, 0.4) is 0 Å². The van der Waals surface area contributed by atoms with Crippen LogP contribution in [0.15, 0.2) is 18.2 Å². The van der Waals surface area contributed by atoms with E-state index in [0.717, 1.165) is 25.5 Å². The van der Waals surface area contributed by atoms with Gasteiger partial charge in [-0.3, -0.25) is 0 Å². The van der Waals surface area contributed by atoms with Gasteiger partial charge in [-0.25, -0.2) is 0 Å². The molecule has 3 heteroatoms. The van der Waals surface area contributed by atoms with Gasteiger partial charge in [0.05, 0.1) is 13.7 Å². The maximum Gasteiger partial charge on any atom is 0.123 e. The van der Waals surface area contributed by atoms with E-state index in [9.17, 15) is 0 Å². The van der Waals surface area contributed by atoms with Crippen molar-refractivity contribution in [2.45, 2.75) is 26.8 Å². The molecule has 0 aliphatic heterocycles. The second-order valence-electron chi connectivity index (χ2n) is 4.12. The average Bonchev–Trinajstić information content (AvgIpc) is 2.34. The first-order valence-corrected chi connectivity index (χ1v) is 6.14. The molecule has 96 valence electrons. The van der Waals surface area contributed by atoms with E-state index in [-0.39, 0.29) is 6.04 Å². The van der Waals surface area contributed by atoms with Gasteiger partial charge >= 0.3 is 0 Å². The molecule has 1 aromatic rings. The van der Waals surface area contributed by atoms with Gasteiger partial charge in [0, 0.05) is 24.8 Å². The molecule has 0 aromatic heterocycles. The van der Waals surface area contributed by atoms with Crippen molar-refractivity contribution in [2.24, 2.45) is 0 Å². The quantitative estimate of drug-likeness (QED) is 0.740. The second kappa shape index (κ2) is 7.30. The Morgan fingerprint density at radius 3 is 2.76 bits per heavy atom. The van der Waals surface area contributed by atoms with Crippen LogP contribution in [0.4, 0.5) is 0 Å². The molecule has 0 aliphatic rings. The van der Waals surface area contributed by atoms with E-state index >= 15 is 0 Å². The Morgan fingerprint density at radius 1 is 1.35 bits per heavy atom. The Labute approximate surface area is 104 Å². The number of nitrogens with one attached hydrogen (secondary N) is 1. The standard InChI is InChI=1S/C14H23NO2/c1-5-17-9-8-15-12(3)13-7-6-11(2)10-14(13)16-4/h6-7,10,12,15H,5,8-9H2,1-4H3. The number of aryl methyl sites for hydroxylation is 1. The van der Waals surface area contributed by atoms with Gasteiger partial charge in [0.1, 0.15) is 5.75 Å². The van der Waals surface area contributed by atoms with Crippen molar-refractivity contribution in [2.75, 3.05) is 26.9 Å². The Kier molecular flexibility index (Phi) is 6.01. The summed E-state index contributed by atoms with van der Waals surface area (Å²) in [6.45, 7) is 8.58. The van der Waals surface area contributed by atoms with Crippen molar-refractivity contribution in [1.29, 1.82) is 0 Å². The van der Waals surface area contributed by atoms with Crippen LogP contribution < -0.4 is 10.1 Å². The Balaban J connectivity index is 2.58. The highest BCUT2D eigenvalue weighted by molar-refractivity contribution is 5.38. The van der Waals surface area contributed by atoms with Crippen molar-refractivity contribution in [3.05, 3.63) is 29.3 Å². The van der Waals surface area contributed by atoms with Crippen LogP contribution in [0.5, 0.6) is 5.75 Å². The van der Waals surface area contributed by atoms with Crippen LogP contribution in [0, 0.1) is 6.92 Å². The molecule has 17 heavy (non-hydrogen) atoms. The first kappa shape index (κ1) is 14.0. The fourth-order valence-corrected chi connectivity index (χ4v) is 1.78. The summed E-state index contributed by atoms with van der Waals surface area (Å²) in [6, 6.07) is 6.56. The first-order valence-electron chi connectivity index (χ1n) is 6.14. The highest BCUT2D eigenvalue weighted by Crippen LogP contribution is 2.25. The summed E-state index contributed by atoms with van der Waals surface area (Å²) in [5.41, 5.74) is 2.40. The van der Waals surface area contributed by atoms with Gasteiger partial charge < -0.3 is 14.8 Å². The smallest absolute Gasteiger partial charge is 0.123 e. The van der Waals surface area contributed by atoms with Crippen molar-refractivity contribution < 1.29 is 9.47 Å². The molecule has 0 saturated carbocycles. The van der Waals surface area contributed by atoms with Crippen LogP contribution in [-0.2, 0) is 4.74 Å². The van der Waals surface area contributed by atoms with E-state index in [1.54, 1.807) is 7.11 Å². The summed E-state index contributed by atoms with van der Waals surface area (Å²) in [7, 11) is 1.71. The summed E-state index contributed by atoms with van der Waals surface area (Å²) >= 11 is 0. The zero-order valence-corrected chi connectivity index (χ0v) is 11.2. The third-order valence-electron chi connectivity index (χ3n) is 2.76. The fraction of sp³-hybridized carbons (Fsp3) is 0.571. The molecule has 0 radical (unpaired) electrons. The van der Waals surface area contributed by atoms with E-state index < -0.39 is 0 Å². The number of methoxy groups -OCH3 is 1. The third kappa shape index (κ3) is 4.36. The molecule has 1 atom stereocenters. The lowest BCUT2D eigenvalue weighted by atomic mass is 10.1. The van der Waals surface area contributed by atoms with Gasteiger partial charge in [-0.05, 0) is 32.4 Å². The number of benzene rings is 1. The summed E-state index contributed by atoms with van der Waals surface area (Å²) in [6.07, 6.45) is 0. The minimum atomic E-state index is 0.269. The molecule has 1 rings (SSSR count). The van der Waals surface area contributed by atoms with Crippen LogP contribution >= 0.6 is 0 Å². The van der Waals surface area contributed by atoms with E-state index in [1.165, 1.54) is 11.1 Å². The van der Waals surface area contributed by atoms with Crippen LogP contribution in [0.2, 0.25) is 0 Å². The lowest BCUT2D eigenvalue weighted by molar-refractivity contribution is 0.147. The molecule has 3 nitrogen and oxygen atoms in total. The lowest BCUT2D eigenvalue weighted by Crippen LogP contribution is -2.23. The molecule has 0 amide bonds. The minimum Gasteiger partial charge on any atom is -0.496 e. The van der Waals surface area contributed by atoms with Gasteiger partial charge in [0.2, 0.25) is 0 Å². The van der Waals surface area contributed by atoms with Crippen LogP contribution in [0.1, 0.15) is 31.0 Å². The van der Waals surface area contributed by atoms with Crippen molar-refractivity contribution in [3.8, 4) is 5.75 Å². The maximum atomic E-state index is 5.40. The summed E-state index contributed by atoms with van der Waals surface area (Å²) in [5.74, 6) is 0.946. The van der Waals surface area contributed by atoms with Gasteiger partial charge in [-0.15, -0.1) is 0 Å². The molecule has 1 unspecified atom stereocenters. The summed E-state index contributed by atoms with van der Waals surface area (Å²) in [4.78, 5) is 0. The zero-order valence-electron chi connectivity index (χ0n) is 11.2. The minimum absolute atomic E-state index is 0.269. The maximum absolute atomic E-state index is 5.40. The highest BCUT2D eigenvalue weighted by atomic mass is 16.5. The van der Waals surface area contributed by atoms with Crippen molar-refractivity contribution in [3.63, 3.8) is 0 Å². The largest absolute Gasteiger partial charge is 0.496 e. The fourth-order valence-electron chi connectivity index (χ4n) is 1.78. The van der Waals surface area contributed by atoms with Gasteiger partial charge in [-0.1, -0.05) is 12.1 Å². The summed E-state index contributed by atoms with van der Waals surface area (Å²) < 4.78 is 10.7.